The number of amides is 3. The van der Waals surface area contributed by atoms with E-state index >= 15 is 0 Å². The number of rotatable bonds is 11. The van der Waals surface area contributed by atoms with Crippen LogP contribution < -0.4 is 42.9 Å². The third-order valence-electron chi connectivity index (χ3n) is 12.8. The molecular weight excluding hydrogens is 882 g/mol. The van der Waals surface area contributed by atoms with Crippen LogP contribution in [0.15, 0.2) is 108 Å². The number of benzene rings is 3. The fourth-order valence-electron chi connectivity index (χ4n) is 9.15. The minimum atomic E-state index is -0.630. The second-order valence-corrected chi connectivity index (χ2v) is 18.5. The van der Waals surface area contributed by atoms with E-state index in [1.165, 1.54) is 22.9 Å². The maximum Gasteiger partial charge on any atom is 0.257 e. The maximum atomic E-state index is 13.5. The van der Waals surface area contributed by atoms with E-state index in [9.17, 15) is 14.4 Å². The Morgan fingerprint density at radius 1 is 0.909 bits per heavy atom. The number of anilines is 2. The topological polar surface area (TPSA) is 207 Å². The monoisotopic (exact) mass is 935 g/mol. The smallest absolute Gasteiger partial charge is 0.257 e. The second kappa shape index (κ2) is 19.9. The Kier molecular flexibility index (Phi) is 13.8. The van der Waals surface area contributed by atoms with Gasteiger partial charge in [0.1, 0.15) is 11.8 Å². The summed E-state index contributed by atoms with van der Waals surface area (Å²) < 4.78 is 0. The van der Waals surface area contributed by atoms with E-state index in [1.807, 2.05) is 84.9 Å². The first-order valence-electron chi connectivity index (χ1n) is 22.0. The van der Waals surface area contributed by atoms with Crippen LogP contribution in [0.25, 0.3) is 0 Å². The van der Waals surface area contributed by atoms with Gasteiger partial charge in [0.25, 0.3) is 11.8 Å². The van der Waals surface area contributed by atoms with Gasteiger partial charge in [-0.3, -0.25) is 39.2 Å². The summed E-state index contributed by atoms with van der Waals surface area (Å²) in [4.78, 5) is 68.4. The number of nitrogens with one attached hydrogen (secondary N) is 6. The van der Waals surface area contributed by atoms with Crippen molar-refractivity contribution in [3.05, 3.63) is 131 Å². The number of halogens is 1. The Morgan fingerprint density at radius 3 is 2.48 bits per heavy atom. The first kappa shape index (κ1) is 45.8. The van der Waals surface area contributed by atoms with Crippen LogP contribution in [0.4, 0.5) is 11.5 Å². The van der Waals surface area contributed by atoms with Crippen molar-refractivity contribution in [2.45, 2.75) is 72.9 Å². The number of hydrogen-bond donors (Lipinski definition) is 7. The standard InChI is InChI=1S/C46H53N13O5S.ClH/c1-46(47)9-11-57(12-10-46)40-25-51-41(26-50-40)65-36-4-2-3-34(21-36)54-42(60)31-7-6-30-19-35(20-32(30)18-31)56-13-15-58(16-14-56)39-24-48-38(23-49-39)43(61)52-22-29-5-8-37-33(17-29)27-59(44(37)62)45-53-28-63-55-64-45;/h2-12,17-18,21,25-26,35,38-39,45,48-49,53,55H,13-16,19-20,22-24,27-28,47H2,1H3,(H,52,61)(H,54,60);1H. The van der Waals surface area contributed by atoms with Crippen molar-refractivity contribution >= 4 is 53.4 Å². The summed E-state index contributed by atoms with van der Waals surface area (Å²) >= 11 is 1.48. The third kappa shape index (κ3) is 10.3. The van der Waals surface area contributed by atoms with E-state index in [2.05, 4.69) is 64.1 Å². The molecule has 4 aromatic rings. The number of carbonyl (C=O) groups excluding carboxylic acids is 3. The lowest BCUT2D eigenvalue weighted by Crippen LogP contribution is -2.66. The Bertz CT molecular complexity index is 2470. The van der Waals surface area contributed by atoms with Gasteiger partial charge in [0.2, 0.25) is 12.3 Å². The molecule has 20 heteroatoms. The van der Waals surface area contributed by atoms with Gasteiger partial charge in [-0.2, -0.15) is 0 Å². The van der Waals surface area contributed by atoms with Crippen molar-refractivity contribution in [2.24, 2.45) is 5.73 Å². The average Bonchev–Trinajstić information content (AvgIpc) is 3.92. The summed E-state index contributed by atoms with van der Waals surface area (Å²) in [5, 5.41) is 17.0. The molecule has 1 aromatic heterocycles. The molecule has 1 aliphatic carbocycles. The Morgan fingerprint density at radius 2 is 1.73 bits per heavy atom. The highest BCUT2D eigenvalue weighted by molar-refractivity contribution is 7.99. The van der Waals surface area contributed by atoms with Crippen molar-refractivity contribution in [1.82, 2.24) is 51.6 Å². The molecule has 0 spiro atoms. The SMILES string of the molecule is CC1(N)C=CN(c2cnc(Sc3cccc(NC(=O)c4ccc5c(c4)CC(N4CCN(C6CNC(C(=O)NCc7ccc8c(c7)CN(C7NCONO7)C8=O)CN6)CC4)C5)c3)cn2)C=C1.Cl. The van der Waals surface area contributed by atoms with Crippen LogP contribution in [0.3, 0.4) is 0 Å². The zero-order valence-electron chi connectivity index (χ0n) is 36.4. The van der Waals surface area contributed by atoms with Crippen molar-refractivity contribution in [2.75, 3.05) is 56.2 Å². The first-order chi connectivity index (χ1) is 31.6. The van der Waals surface area contributed by atoms with E-state index in [1.54, 1.807) is 17.3 Å². The lowest BCUT2D eigenvalue weighted by Gasteiger charge is -2.44. The Hall–Kier alpha value is -5.29. The van der Waals surface area contributed by atoms with Crippen LogP contribution in [0, 0.1) is 0 Å². The summed E-state index contributed by atoms with van der Waals surface area (Å²) in [6, 6.07) is 19.6. The van der Waals surface area contributed by atoms with E-state index in [4.69, 9.17) is 15.4 Å². The van der Waals surface area contributed by atoms with Crippen LogP contribution >= 0.6 is 24.2 Å². The van der Waals surface area contributed by atoms with E-state index in [-0.39, 0.29) is 49.1 Å². The van der Waals surface area contributed by atoms with Crippen molar-refractivity contribution in [3.8, 4) is 0 Å². The molecule has 8 N–H and O–H groups in total. The number of aromatic nitrogens is 2. The highest BCUT2D eigenvalue weighted by atomic mass is 35.5. The van der Waals surface area contributed by atoms with E-state index in [0.717, 1.165) is 60.1 Å². The van der Waals surface area contributed by atoms with E-state index < -0.39 is 11.9 Å². The second-order valence-electron chi connectivity index (χ2n) is 17.4. The van der Waals surface area contributed by atoms with Crippen molar-refractivity contribution in [3.63, 3.8) is 0 Å². The summed E-state index contributed by atoms with van der Waals surface area (Å²) in [7, 11) is 0. The number of nitrogens with zero attached hydrogens (tertiary/aromatic N) is 6. The zero-order valence-corrected chi connectivity index (χ0v) is 38.1. The quantitative estimate of drug-likeness (QED) is 0.115. The molecule has 10 rings (SSSR count). The normalized spacial score (nSPS) is 23.8. The molecule has 4 unspecified atom stereocenters. The number of carbonyl (C=O) groups is 3. The third-order valence-corrected chi connectivity index (χ3v) is 13.7. The van der Waals surface area contributed by atoms with Crippen LogP contribution in [0.2, 0.25) is 0 Å². The Labute approximate surface area is 393 Å². The first-order valence-corrected chi connectivity index (χ1v) is 22.8. The fraction of sp³-hybridized carbons (Fsp3) is 0.370. The van der Waals surface area contributed by atoms with Gasteiger partial charge in [-0.15, -0.1) is 12.4 Å². The summed E-state index contributed by atoms with van der Waals surface area (Å²) in [5.74, 6) is 0.380. The van der Waals surface area contributed by atoms with Crippen molar-refractivity contribution < 1.29 is 24.1 Å². The highest BCUT2D eigenvalue weighted by Gasteiger charge is 2.36. The molecule has 6 aliphatic rings. The molecular formula is C46H54ClN13O5S. The van der Waals surface area contributed by atoms with Crippen LogP contribution in [-0.2, 0) is 40.4 Å². The molecule has 6 heterocycles. The number of hydrogen-bond acceptors (Lipinski definition) is 16. The highest BCUT2D eigenvalue weighted by Crippen LogP contribution is 2.31. The summed E-state index contributed by atoms with van der Waals surface area (Å²) in [5.41, 5.74) is 14.4. The average molecular weight is 937 g/mol. The van der Waals surface area contributed by atoms with Gasteiger partial charge in [-0.1, -0.05) is 41.7 Å². The minimum absolute atomic E-state index is 0. The maximum absolute atomic E-state index is 13.5. The predicted molar refractivity (Wildman–Crippen MR) is 251 cm³/mol. The van der Waals surface area contributed by atoms with Crippen LogP contribution in [-0.4, -0.2) is 119 Å². The van der Waals surface area contributed by atoms with Gasteiger partial charge in [-0.05, 0) is 90.6 Å². The molecule has 3 amide bonds. The lowest BCUT2D eigenvalue weighted by molar-refractivity contribution is -0.281. The van der Waals surface area contributed by atoms with Gasteiger partial charge >= 0.3 is 0 Å². The van der Waals surface area contributed by atoms with Crippen LogP contribution in [0.5, 0.6) is 0 Å². The fourth-order valence-corrected chi connectivity index (χ4v) is 9.93. The van der Waals surface area contributed by atoms with Gasteiger partial charge in [0.05, 0.1) is 36.7 Å². The molecule has 0 bridgehead atoms. The van der Waals surface area contributed by atoms with E-state index in [0.29, 0.717) is 54.9 Å². The van der Waals surface area contributed by atoms with Gasteiger partial charge in [-0.25, -0.2) is 20.1 Å². The van der Waals surface area contributed by atoms with Crippen molar-refractivity contribution in [1.29, 1.82) is 0 Å². The molecule has 5 aliphatic heterocycles. The molecule has 3 saturated heterocycles. The van der Waals surface area contributed by atoms with Crippen LogP contribution in [0.1, 0.15) is 49.9 Å². The van der Waals surface area contributed by atoms with Gasteiger partial charge < -0.3 is 26.6 Å². The summed E-state index contributed by atoms with van der Waals surface area (Å²) in [6.07, 6.45) is 12.5. The molecule has 3 fully saturated rings. The largest absolute Gasteiger partial charge is 0.351 e. The molecule has 346 valence electrons. The van der Waals surface area contributed by atoms with Gasteiger partial charge in [0.15, 0.2) is 5.82 Å². The summed E-state index contributed by atoms with van der Waals surface area (Å²) in [6.45, 7) is 7.89. The molecule has 0 radical (unpaired) electrons. The molecule has 66 heavy (non-hydrogen) atoms. The number of fused-ring (bicyclic) bond motifs is 2. The predicted octanol–water partition coefficient (Wildman–Crippen LogP) is 2.41. The Balaban J connectivity index is 0.00000548. The zero-order chi connectivity index (χ0) is 44.5. The molecule has 18 nitrogen and oxygen atoms in total. The lowest BCUT2D eigenvalue weighted by atomic mass is 10.0. The minimum Gasteiger partial charge on any atom is -0.351 e. The number of nitrogens with two attached hydrogens (primary N) is 1. The number of piperazine rings is 2. The molecule has 3 aromatic carbocycles. The molecule has 4 atom stereocenters. The van der Waals surface area contributed by atoms with Gasteiger partial charge in [0, 0.05) is 86.0 Å². The molecule has 0 saturated carbocycles.